The summed E-state index contributed by atoms with van der Waals surface area (Å²) >= 11 is 0. The van der Waals surface area contributed by atoms with Gasteiger partial charge in [0.05, 0.1) is 4.92 Å². The lowest BCUT2D eigenvalue weighted by molar-refractivity contribution is -0.383. The van der Waals surface area contributed by atoms with Gasteiger partial charge in [0.25, 0.3) is 5.69 Å². The van der Waals surface area contributed by atoms with E-state index >= 15 is 0 Å². The Morgan fingerprint density at radius 1 is 1.53 bits per heavy atom. The van der Waals surface area contributed by atoms with Gasteiger partial charge in [-0.2, -0.15) is 0 Å². The van der Waals surface area contributed by atoms with E-state index in [2.05, 4.69) is 4.90 Å². The minimum Gasteiger partial charge on any atom is -0.393 e. The van der Waals surface area contributed by atoms with E-state index < -0.39 is 4.92 Å². The fourth-order valence-corrected chi connectivity index (χ4v) is 2.58. The zero-order valence-corrected chi connectivity index (χ0v) is 11.1. The molecule has 2 unspecified atom stereocenters. The molecule has 104 valence electrons. The van der Waals surface area contributed by atoms with Gasteiger partial charge in [-0.25, -0.2) is 0 Å². The molecule has 6 heteroatoms. The summed E-state index contributed by atoms with van der Waals surface area (Å²) in [5.41, 5.74) is 12.8. The van der Waals surface area contributed by atoms with Crippen molar-refractivity contribution in [2.75, 3.05) is 23.7 Å². The van der Waals surface area contributed by atoms with Gasteiger partial charge < -0.3 is 16.4 Å². The number of nitrogens with two attached hydrogens (primary N) is 2. The molecule has 0 bridgehead atoms. The minimum atomic E-state index is -0.458. The van der Waals surface area contributed by atoms with Crippen molar-refractivity contribution >= 4 is 17.1 Å². The van der Waals surface area contributed by atoms with Crippen LogP contribution in [0.4, 0.5) is 17.1 Å². The molecule has 1 aromatic carbocycles. The third-order valence-corrected chi connectivity index (χ3v) is 3.77. The van der Waals surface area contributed by atoms with Crippen LogP contribution in [0, 0.1) is 16.0 Å². The van der Waals surface area contributed by atoms with Crippen molar-refractivity contribution < 1.29 is 4.92 Å². The van der Waals surface area contributed by atoms with E-state index in [0.717, 1.165) is 31.6 Å². The zero-order valence-electron chi connectivity index (χ0n) is 11.1. The van der Waals surface area contributed by atoms with Gasteiger partial charge in [-0.3, -0.25) is 10.1 Å². The first kappa shape index (κ1) is 13.6. The van der Waals surface area contributed by atoms with Crippen molar-refractivity contribution in [2.24, 2.45) is 11.7 Å². The fraction of sp³-hybridized carbons (Fsp3) is 0.538. The van der Waals surface area contributed by atoms with Crippen LogP contribution in [-0.4, -0.2) is 24.1 Å². The molecule has 0 spiro atoms. The van der Waals surface area contributed by atoms with Crippen LogP contribution in [0.25, 0.3) is 0 Å². The summed E-state index contributed by atoms with van der Waals surface area (Å²) in [5.74, 6) is 0.463. The Bertz CT molecular complexity index is 476. The lowest BCUT2D eigenvalue weighted by Crippen LogP contribution is -2.42. The number of nitro groups is 1. The van der Waals surface area contributed by atoms with Crippen molar-refractivity contribution in [3.05, 3.63) is 28.3 Å². The predicted molar refractivity (Wildman–Crippen MR) is 76.1 cm³/mol. The second-order valence-electron chi connectivity index (χ2n) is 5.21. The zero-order chi connectivity index (χ0) is 14.0. The quantitative estimate of drug-likeness (QED) is 0.492. The lowest BCUT2D eigenvalue weighted by Gasteiger charge is -2.36. The van der Waals surface area contributed by atoms with Gasteiger partial charge in [-0.05, 0) is 37.8 Å². The van der Waals surface area contributed by atoms with Gasteiger partial charge >= 0.3 is 0 Å². The maximum absolute atomic E-state index is 10.7. The normalized spacial score (nSPS) is 21.2. The molecule has 0 saturated carbocycles. The van der Waals surface area contributed by atoms with Crippen LogP contribution in [0.3, 0.4) is 0 Å². The summed E-state index contributed by atoms with van der Waals surface area (Å²) in [6, 6.07) is 5.08. The molecule has 6 nitrogen and oxygen atoms in total. The van der Waals surface area contributed by atoms with Gasteiger partial charge in [-0.1, -0.05) is 0 Å². The highest BCUT2D eigenvalue weighted by Gasteiger charge is 2.23. The maximum atomic E-state index is 10.7. The number of hydrogen-bond donors (Lipinski definition) is 2. The van der Waals surface area contributed by atoms with Crippen molar-refractivity contribution in [3.8, 4) is 0 Å². The summed E-state index contributed by atoms with van der Waals surface area (Å²) < 4.78 is 0. The lowest BCUT2D eigenvalue weighted by atomic mass is 9.92. The first-order chi connectivity index (χ1) is 8.99. The number of piperidine rings is 1. The SMILES string of the molecule is CC(N)C1CCCN(c2ccc([N+](=O)[O-])c(N)c2)C1. The highest BCUT2D eigenvalue weighted by atomic mass is 16.6. The van der Waals surface area contributed by atoms with E-state index in [0.29, 0.717) is 5.92 Å². The Labute approximate surface area is 112 Å². The Morgan fingerprint density at radius 3 is 2.84 bits per heavy atom. The van der Waals surface area contributed by atoms with Crippen molar-refractivity contribution in [3.63, 3.8) is 0 Å². The van der Waals surface area contributed by atoms with Crippen LogP contribution in [0.5, 0.6) is 0 Å². The molecule has 0 amide bonds. The molecule has 1 aliphatic rings. The Hall–Kier alpha value is -1.82. The molecule has 0 radical (unpaired) electrons. The average Bonchev–Trinajstić information content (AvgIpc) is 2.38. The molecule has 0 aromatic heterocycles. The summed E-state index contributed by atoms with van der Waals surface area (Å²) in [4.78, 5) is 12.5. The predicted octanol–water partition coefficient (Wildman–Crippen LogP) is 1.74. The minimum absolute atomic E-state index is 0.0375. The van der Waals surface area contributed by atoms with Crippen LogP contribution in [-0.2, 0) is 0 Å². The van der Waals surface area contributed by atoms with E-state index in [1.807, 2.05) is 6.92 Å². The molecule has 19 heavy (non-hydrogen) atoms. The molecule has 1 heterocycles. The molecule has 4 N–H and O–H groups in total. The number of nitro benzene ring substituents is 1. The van der Waals surface area contributed by atoms with Crippen LogP contribution in [0.1, 0.15) is 19.8 Å². The molecule has 2 atom stereocenters. The van der Waals surface area contributed by atoms with Gasteiger partial charge in [0.15, 0.2) is 0 Å². The topological polar surface area (TPSA) is 98.4 Å². The van der Waals surface area contributed by atoms with E-state index in [4.69, 9.17) is 11.5 Å². The number of benzene rings is 1. The molecular weight excluding hydrogens is 244 g/mol. The molecule has 1 aliphatic heterocycles. The van der Waals surface area contributed by atoms with Gasteiger partial charge in [0, 0.05) is 30.9 Å². The molecule has 1 aromatic rings. The summed E-state index contributed by atoms with van der Waals surface area (Å²) in [6.45, 7) is 3.85. The number of nitrogens with zero attached hydrogens (tertiary/aromatic N) is 2. The molecule has 1 saturated heterocycles. The number of anilines is 2. The highest BCUT2D eigenvalue weighted by Crippen LogP contribution is 2.30. The largest absolute Gasteiger partial charge is 0.393 e. The van der Waals surface area contributed by atoms with Crippen LogP contribution < -0.4 is 16.4 Å². The average molecular weight is 264 g/mol. The highest BCUT2D eigenvalue weighted by molar-refractivity contribution is 5.66. The van der Waals surface area contributed by atoms with Crippen LogP contribution in [0.2, 0.25) is 0 Å². The van der Waals surface area contributed by atoms with E-state index in [1.165, 1.54) is 6.07 Å². The maximum Gasteiger partial charge on any atom is 0.292 e. The van der Waals surface area contributed by atoms with Crippen molar-refractivity contribution in [1.82, 2.24) is 0 Å². The van der Waals surface area contributed by atoms with Gasteiger partial charge in [0.1, 0.15) is 5.69 Å². The Balaban J connectivity index is 2.18. The van der Waals surface area contributed by atoms with Crippen LogP contribution in [0.15, 0.2) is 18.2 Å². The summed E-state index contributed by atoms with van der Waals surface area (Å²) in [5, 5.41) is 10.7. The first-order valence-electron chi connectivity index (χ1n) is 6.53. The molecule has 1 fully saturated rings. The molecular formula is C13H20N4O2. The number of hydrogen-bond acceptors (Lipinski definition) is 5. The van der Waals surface area contributed by atoms with E-state index in [1.54, 1.807) is 12.1 Å². The van der Waals surface area contributed by atoms with Gasteiger partial charge in [0.2, 0.25) is 0 Å². The van der Waals surface area contributed by atoms with E-state index in [-0.39, 0.29) is 17.4 Å². The summed E-state index contributed by atoms with van der Waals surface area (Å²) in [6.07, 6.45) is 2.22. The molecule has 0 aliphatic carbocycles. The third kappa shape index (κ3) is 2.96. The second kappa shape index (κ2) is 5.44. The smallest absolute Gasteiger partial charge is 0.292 e. The second-order valence-corrected chi connectivity index (χ2v) is 5.21. The fourth-order valence-electron chi connectivity index (χ4n) is 2.58. The Kier molecular flexibility index (Phi) is 3.90. The molecule has 2 rings (SSSR count). The third-order valence-electron chi connectivity index (χ3n) is 3.77. The Morgan fingerprint density at radius 2 is 2.26 bits per heavy atom. The van der Waals surface area contributed by atoms with E-state index in [9.17, 15) is 10.1 Å². The standard InChI is InChI=1S/C13H20N4O2/c1-9(14)10-3-2-6-16(8-10)11-4-5-13(17(18)19)12(15)7-11/h4-5,7,9-10H,2-3,6,8,14-15H2,1H3. The van der Waals surface area contributed by atoms with Crippen LogP contribution >= 0.6 is 0 Å². The monoisotopic (exact) mass is 264 g/mol. The van der Waals surface area contributed by atoms with Gasteiger partial charge in [-0.15, -0.1) is 0 Å². The number of nitrogen functional groups attached to an aromatic ring is 1. The van der Waals surface area contributed by atoms with Crippen molar-refractivity contribution in [2.45, 2.75) is 25.8 Å². The number of rotatable bonds is 3. The van der Waals surface area contributed by atoms with Crippen molar-refractivity contribution in [1.29, 1.82) is 0 Å². The summed E-state index contributed by atoms with van der Waals surface area (Å²) in [7, 11) is 0. The first-order valence-corrected chi connectivity index (χ1v) is 6.53.